The van der Waals surface area contributed by atoms with Crippen LogP contribution in [0.3, 0.4) is 0 Å². The van der Waals surface area contributed by atoms with Crippen LogP contribution in [0.25, 0.3) is 5.69 Å². The molecule has 1 aliphatic heterocycles. The maximum Gasteiger partial charge on any atom is 0.303 e. The first-order valence-corrected chi connectivity index (χ1v) is 12.8. The summed E-state index contributed by atoms with van der Waals surface area (Å²) in [7, 11) is 0. The molecule has 37 heavy (non-hydrogen) atoms. The zero-order valence-corrected chi connectivity index (χ0v) is 20.2. The van der Waals surface area contributed by atoms with Gasteiger partial charge in [0.2, 0.25) is 0 Å². The Bertz CT molecular complexity index is 1320. The second kappa shape index (κ2) is 9.52. The molecule has 2 saturated carbocycles. The quantitative estimate of drug-likeness (QED) is 0.419. The number of ether oxygens (including phenoxy) is 1. The molecule has 2 aromatic carbocycles. The monoisotopic (exact) mass is 511 g/mol. The van der Waals surface area contributed by atoms with Crippen LogP contribution in [0.5, 0.6) is 0 Å². The molecule has 3 atom stereocenters. The topological polar surface area (TPSA) is 67.6 Å². The number of hydrogen-bond acceptors (Lipinski definition) is 4. The third-order valence-corrected chi connectivity index (χ3v) is 7.93. The lowest BCUT2D eigenvalue weighted by atomic mass is 10.0. The average Bonchev–Trinajstić information content (AvgIpc) is 3.32. The standard InChI is InChI=1S/C28H28F3N3O3/c29-21-2-1-3-22(30)28(21)34-25(20(13-32-34)17-6-7-17)15-37-26-12-19-11-18(26)14-33(19)24-8-4-16(10-23(24)31)5-9-27(35)36/h1-4,8,10,13,17-19,26H,5-7,9,11-12,14-15H2,(H,35,36)/t18-,19-,26?/m0/s1. The summed E-state index contributed by atoms with van der Waals surface area (Å²) in [4.78, 5) is 12.9. The molecule has 3 fully saturated rings. The molecule has 3 aliphatic rings. The minimum atomic E-state index is -0.904. The number of rotatable bonds is 9. The maximum atomic E-state index is 14.9. The van der Waals surface area contributed by atoms with Gasteiger partial charge in [-0.25, -0.2) is 17.9 Å². The summed E-state index contributed by atoms with van der Waals surface area (Å²) < 4.78 is 51.7. The zero-order valence-electron chi connectivity index (χ0n) is 20.2. The Hall–Kier alpha value is -3.33. The highest BCUT2D eigenvalue weighted by molar-refractivity contribution is 5.67. The van der Waals surface area contributed by atoms with Crippen molar-refractivity contribution in [1.82, 2.24) is 9.78 Å². The molecule has 194 valence electrons. The molecule has 1 N–H and O–H groups in total. The lowest BCUT2D eigenvalue weighted by molar-refractivity contribution is -0.136. The molecule has 0 amide bonds. The predicted molar refractivity (Wildman–Crippen MR) is 130 cm³/mol. The van der Waals surface area contributed by atoms with E-state index in [1.807, 2.05) is 0 Å². The molecule has 1 saturated heterocycles. The minimum absolute atomic E-state index is 0.0278. The van der Waals surface area contributed by atoms with Crippen molar-refractivity contribution in [2.45, 2.75) is 63.2 Å². The maximum absolute atomic E-state index is 14.9. The summed E-state index contributed by atoms with van der Waals surface area (Å²) in [5.41, 5.74) is 2.69. The van der Waals surface area contributed by atoms with E-state index < -0.39 is 17.6 Å². The average molecular weight is 512 g/mol. The number of benzene rings is 2. The van der Waals surface area contributed by atoms with Gasteiger partial charge in [-0.05, 0) is 73.4 Å². The van der Waals surface area contributed by atoms with Gasteiger partial charge < -0.3 is 14.7 Å². The molecule has 9 heteroatoms. The largest absolute Gasteiger partial charge is 0.481 e. The van der Waals surface area contributed by atoms with Crippen molar-refractivity contribution in [3.63, 3.8) is 0 Å². The number of para-hydroxylation sites is 1. The van der Waals surface area contributed by atoms with Crippen LogP contribution in [0, 0.1) is 23.4 Å². The highest BCUT2D eigenvalue weighted by atomic mass is 19.1. The van der Waals surface area contributed by atoms with Crippen molar-refractivity contribution in [3.05, 3.63) is 76.9 Å². The number of nitrogens with zero attached hydrogens (tertiary/aromatic N) is 3. The summed E-state index contributed by atoms with van der Waals surface area (Å²) in [5.74, 6) is -2.01. The Morgan fingerprint density at radius 2 is 1.86 bits per heavy atom. The third kappa shape index (κ3) is 4.61. The molecule has 0 spiro atoms. The van der Waals surface area contributed by atoms with Crippen LogP contribution in [0.2, 0.25) is 0 Å². The number of carboxylic acid groups (broad SMARTS) is 1. The van der Waals surface area contributed by atoms with E-state index in [-0.39, 0.29) is 42.6 Å². The fraction of sp³-hybridized carbons (Fsp3) is 0.429. The van der Waals surface area contributed by atoms with Crippen LogP contribution in [-0.2, 0) is 22.6 Å². The third-order valence-electron chi connectivity index (χ3n) is 7.93. The van der Waals surface area contributed by atoms with Crippen LogP contribution >= 0.6 is 0 Å². The van der Waals surface area contributed by atoms with Gasteiger partial charge in [-0.2, -0.15) is 5.10 Å². The zero-order chi connectivity index (χ0) is 25.7. The van der Waals surface area contributed by atoms with Gasteiger partial charge in [0.05, 0.1) is 30.3 Å². The van der Waals surface area contributed by atoms with Crippen molar-refractivity contribution in [1.29, 1.82) is 0 Å². The van der Waals surface area contributed by atoms with Gasteiger partial charge in [0.1, 0.15) is 11.5 Å². The summed E-state index contributed by atoms with van der Waals surface area (Å²) in [5, 5.41) is 13.2. The number of fused-ring (bicyclic) bond motifs is 2. The Morgan fingerprint density at radius 3 is 2.51 bits per heavy atom. The highest BCUT2D eigenvalue weighted by Gasteiger charge is 2.46. The molecule has 0 radical (unpaired) electrons. The molecular weight excluding hydrogens is 483 g/mol. The van der Waals surface area contributed by atoms with Crippen LogP contribution in [-0.4, -0.2) is 39.5 Å². The fourth-order valence-corrected chi connectivity index (χ4v) is 5.93. The predicted octanol–water partition coefficient (Wildman–Crippen LogP) is 5.37. The summed E-state index contributed by atoms with van der Waals surface area (Å²) in [6, 6.07) is 8.90. The second-order valence-electron chi connectivity index (χ2n) is 10.4. The van der Waals surface area contributed by atoms with Gasteiger partial charge in [-0.1, -0.05) is 12.1 Å². The number of aromatic nitrogens is 2. The Labute approximate surface area is 212 Å². The van der Waals surface area contributed by atoms with E-state index in [2.05, 4.69) is 10.00 Å². The lowest BCUT2D eigenvalue weighted by Gasteiger charge is -2.33. The molecular formula is C28H28F3N3O3. The van der Waals surface area contributed by atoms with Crippen LogP contribution < -0.4 is 4.90 Å². The first-order chi connectivity index (χ1) is 17.9. The van der Waals surface area contributed by atoms with Crippen molar-refractivity contribution in [2.24, 2.45) is 5.92 Å². The van der Waals surface area contributed by atoms with Crippen molar-refractivity contribution < 1.29 is 27.8 Å². The number of piperidine rings is 1. The number of aliphatic carboxylic acids is 1. The van der Waals surface area contributed by atoms with Gasteiger partial charge in [-0.3, -0.25) is 4.79 Å². The summed E-state index contributed by atoms with van der Waals surface area (Å²) >= 11 is 0. The van der Waals surface area contributed by atoms with Gasteiger partial charge in [-0.15, -0.1) is 0 Å². The number of halogens is 3. The molecule has 1 aromatic heterocycles. The van der Waals surface area contributed by atoms with E-state index >= 15 is 0 Å². The summed E-state index contributed by atoms with van der Waals surface area (Å²) in [6.45, 7) is 0.873. The van der Waals surface area contributed by atoms with E-state index in [0.29, 0.717) is 35.8 Å². The number of carbonyl (C=O) groups is 1. The number of hydrogen-bond donors (Lipinski definition) is 1. The number of aryl methyl sites for hydroxylation is 1. The van der Waals surface area contributed by atoms with E-state index in [1.54, 1.807) is 18.3 Å². The molecule has 6 nitrogen and oxygen atoms in total. The van der Waals surface area contributed by atoms with Crippen LogP contribution in [0.15, 0.2) is 42.6 Å². The van der Waals surface area contributed by atoms with E-state index in [9.17, 15) is 18.0 Å². The Morgan fingerprint density at radius 1 is 1.08 bits per heavy atom. The first kappa shape index (κ1) is 24.0. The Kier molecular flexibility index (Phi) is 6.18. The number of carboxylic acids is 1. The van der Waals surface area contributed by atoms with Gasteiger partial charge in [0.15, 0.2) is 11.6 Å². The molecule has 1 unspecified atom stereocenters. The highest BCUT2D eigenvalue weighted by Crippen LogP contribution is 2.45. The second-order valence-corrected chi connectivity index (χ2v) is 10.4. The van der Waals surface area contributed by atoms with Crippen molar-refractivity contribution in [2.75, 3.05) is 11.4 Å². The molecule has 2 heterocycles. The smallest absolute Gasteiger partial charge is 0.303 e. The van der Waals surface area contributed by atoms with Crippen molar-refractivity contribution in [3.8, 4) is 5.69 Å². The molecule has 2 aliphatic carbocycles. The van der Waals surface area contributed by atoms with Gasteiger partial charge in [0.25, 0.3) is 0 Å². The normalized spacial score (nSPS) is 22.7. The van der Waals surface area contributed by atoms with E-state index in [4.69, 9.17) is 9.84 Å². The molecule has 2 bridgehead atoms. The summed E-state index contributed by atoms with van der Waals surface area (Å²) in [6.07, 6.45) is 5.63. The SMILES string of the molecule is O=C(O)CCc1ccc(N2C[C@@H]3C[C@H]2CC3OCc2c(C3CC3)cnn2-c2c(F)cccc2F)c(F)c1. The van der Waals surface area contributed by atoms with E-state index in [1.165, 1.54) is 28.9 Å². The van der Waals surface area contributed by atoms with Crippen LogP contribution in [0.1, 0.15) is 54.8 Å². The Balaban J connectivity index is 1.15. The first-order valence-electron chi connectivity index (χ1n) is 12.8. The fourth-order valence-electron chi connectivity index (χ4n) is 5.93. The number of anilines is 1. The molecule has 6 rings (SSSR count). The minimum Gasteiger partial charge on any atom is -0.481 e. The molecule has 3 aromatic rings. The van der Waals surface area contributed by atoms with Crippen molar-refractivity contribution >= 4 is 11.7 Å². The van der Waals surface area contributed by atoms with Gasteiger partial charge >= 0.3 is 5.97 Å². The van der Waals surface area contributed by atoms with E-state index in [0.717, 1.165) is 31.2 Å². The van der Waals surface area contributed by atoms with Gasteiger partial charge in [0, 0.05) is 24.9 Å². The van der Waals surface area contributed by atoms with Crippen LogP contribution in [0.4, 0.5) is 18.9 Å². The lowest BCUT2D eigenvalue weighted by Crippen LogP contribution is -2.39.